The van der Waals surface area contributed by atoms with Crippen LogP contribution < -0.4 is 26.1 Å². The fraction of sp³-hybridized carbons (Fsp3) is 0.333. The molecule has 2 heterocycles. The highest BCUT2D eigenvalue weighted by molar-refractivity contribution is 6.09. The first-order chi connectivity index (χ1) is 16.4. The lowest BCUT2D eigenvalue weighted by molar-refractivity contribution is 0.271. The zero-order valence-electron chi connectivity index (χ0n) is 20.2. The number of hydrogen-bond donors (Lipinski definition) is 2. The minimum atomic E-state index is -0.110. The van der Waals surface area contributed by atoms with E-state index in [0.29, 0.717) is 36.0 Å². The van der Waals surface area contributed by atoms with Crippen LogP contribution in [-0.2, 0) is 13.6 Å². The fourth-order valence-corrected chi connectivity index (χ4v) is 4.23. The molecule has 0 spiro atoms. The summed E-state index contributed by atoms with van der Waals surface area (Å²) in [6.45, 7) is 5.27. The lowest BCUT2D eigenvalue weighted by atomic mass is 10.1. The first-order valence-corrected chi connectivity index (χ1v) is 11.5. The van der Waals surface area contributed by atoms with E-state index in [2.05, 4.69) is 24.1 Å². The quantitative estimate of drug-likeness (QED) is 0.358. The molecule has 4 aromatic rings. The molecule has 2 aromatic carbocycles. The molecule has 0 aliphatic heterocycles. The maximum Gasteiger partial charge on any atom is 0.262 e. The van der Waals surface area contributed by atoms with E-state index in [1.165, 1.54) is 0 Å². The van der Waals surface area contributed by atoms with E-state index in [0.717, 1.165) is 34.0 Å². The van der Waals surface area contributed by atoms with E-state index in [9.17, 15) is 4.79 Å². The molecule has 0 aliphatic carbocycles. The first-order valence-electron chi connectivity index (χ1n) is 11.5. The molecule has 0 saturated carbocycles. The Bertz CT molecular complexity index is 1350. The lowest BCUT2D eigenvalue weighted by Gasteiger charge is -2.17. The largest absolute Gasteiger partial charge is 0.497 e. The number of nitrogens with zero attached hydrogens (tertiary/aromatic N) is 2. The van der Waals surface area contributed by atoms with Gasteiger partial charge in [-0.1, -0.05) is 26.0 Å². The third kappa shape index (κ3) is 4.99. The number of nitrogens with two attached hydrogens (primary N) is 1. The van der Waals surface area contributed by atoms with Gasteiger partial charge in [0.25, 0.3) is 5.56 Å². The minimum Gasteiger partial charge on any atom is -0.497 e. The van der Waals surface area contributed by atoms with Crippen molar-refractivity contribution in [1.29, 1.82) is 0 Å². The number of nitrogens with one attached hydrogen (secondary N) is 1. The molecule has 0 bridgehead atoms. The van der Waals surface area contributed by atoms with Gasteiger partial charge in [-0.2, -0.15) is 0 Å². The Morgan fingerprint density at radius 2 is 1.79 bits per heavy atom. The van der Waals surface area contributed by atoms with E-state index < -0.39 is 0 Å². The molecule has 0 aliphatic rings. The Labute approximate surface area is 199 Å². The molecule has 7 heteroatoms. The number of ether oxygens (including phenoxy) is 2. The van der Waals surface area contributed by atoms with Crippen LogP contribution in [0.4, 0.5) is 5.82 Å². The van der Waals surface area contributed by atoms with Crippen LogP contribution in [0, 0.1) is 5.92 Å². The van der Waals surface area contributed by atoms with Crippen molar-refractivity contribution in [3.63, 3.8) is 0 Å². The van der Waals surface area contributed by atoms with E-state index in [1.54, 1.807) is 24.9 Å². The van der Waals surface area contributed by atoms with Gasteiger partial charge < -0.3 is 25.1 Å². The lowest BCUT2D eigenvalue weighted by Crippen LogP contribution is -2.29. The molecule has 34 heavy (non-hydrogen) atoms. The second-order valence-corrected chi connectivity index (χ2v) is 9.03. The number of pyridine rings is 2. The Morgan fingerprint density at radius 1 is 1.06 bits per heavy atom. The second-order valence-electron chi connectivity index (χ2n) is 9.03. The molecule has 7 nitrogen and oxygen atoms in total. The summed E-state index contributed by atoms with van der Waals surface area (Å²) >= 11 is 0. The topological polar surface area (TPSA) is 91.4 Å². The highest BCUT2D eigenvalue weighted by Crippen LogP contribution is 2.29. The van der Waals surface area contributed by atoms with Crippen LogP contribution in [0.5, 0.6) is 11.5 Å². The summed E-state index contributed by atoms with van der Waals surface area (Å²) in [6.07, 6.45) is 2.63. The molecular weight excluding hydrogens is 428 g/mol. The summed E-state index contributed by atoms with van der Waals surface area (Å²) in [6, 6.07) is 15.5. The van der Waals surface area contributed by atoms with Gasteiger partial charge in [-0.15, -0.1) is 0 Å². The Balaban J connectivity index is 1.65. The standard InChI is InChI=1S/C27H32N4O3/c1-17(2)13-19(28)16-34-21-9-10-22-23-11-12-29-26(25(23)27(32)31(3)24(22)14-21)30-15-18-5-7-20(33-4)8-6-18/h5-12,14,17,19H,13,15-16,28H2,1-4H3,(H,29,30)/t19-/m0/s1. The zero-order chi connectivity index (χ0) is 24.2. The van der Waals surface area contributed by atoms with E-state index in [1.807, 2.05) is 48.5 Å². The summed E-state index contributed by atoms with van der Waals surface area (Å²) < 4.78 is 12.8. The van der Waals surface area contributed by atoms with Crippen molar-refractivity contribution in [2.24, 2.45) is 18.7 Å². The highest BCUT2D eigenvalue weighted by Gasteiger charge is 2.14. The summed E-state index contributed by atoms with van der Waals surface area (Å²) in [5.74, 6) is 2.59. The van der Waals surface area contributed by atoms with Gasteiger partial charge in [-0.3, -0.25) is 4.79 Å². The maximum absolute atomic E-state index is 13.4. The molecule has 2 aromatic heterocycles. The summed E-state index contributed by atoms with van der Waals surface area (Å²) in [5.41, 5.74) is 7.92. The number of anilines is 1. The Hall–Kier alpha value is -3.58. The van der Waals surface area contributed by atoms with Gasteiger partial charge >= 0.3 is 0 Å². The van der Waals surface area contributed by atoms with Crippen molar-refractivity contribution >= 4 is 27.5 Å². The second kappa shape index (κ2) is 10.1. The maximum atomic E-state index is 13.4. The van der Waals surface area contributed by atoms with Gasteiger partial charge in [0.1, 0.15) is 23.9 Å². The van der Waals surface area contributed by atoms with E-state index >= 15 is 0 Å². The van der Waals surface area contributed by atoms with Crippen LogP contribution >= 0.6 is 0 Å². The number of hydrogen-bond acceptors (Lipinski definition) is 6. The predicted molar refractivity (Wildman–Crippen MR) is 138 cm³/mol. The molecule has 0 fully saturated rings. The van der Waals surface area contributed by atoms with Crippen molar-refractivity contribution in [3.05, 3.63) is 70.6 Å². The predicted octanol–water partition coefficient (Wildman–Crippen LogP) is 4.46. The van der Waals surface area contributed by atoms with Gasteiger partial charge in [0.2, 0.25) is 0 Å². The van der Waals surface area contributed by atoms with E-state index in [4.69, 9.17) is 15.2 Å². The number of aryl methyl sites for hydroxylation is 1. The van der Waals surface area contributed by atoms with Crippen LogP contribution in [0.3, 0.4) is 0 Å². The molecule has 178 valence electrons. The number of rotatable bonds is 9. The molecule has 1 atom stereocenters. The normalized spacial score (nSPS) is 12.3. The van der Waals surface area contributed by atoms with E-state index in [-0.39, 0.29) is 11.6 Å². The van der Waals surface area contributed by atoms with Gasteiger partial charge in [-0.05, 0) is 48.2 Å². The third-order valence-electron chi connectivity index (χ3n) is 5.95. The average Bonchev–Trinajstić information content (AvgIpc) is 2.84. The minimum absolute atomic E-state index is 0.0264. The van der Waals surface area contributed by atoms with Gasteiger partial charge in [-0.25, -0.2) is 4.98 Å². The van der Waals surface area contributed by atoms with Crippen LogP contribution in [0.1, 0.15) is 25.8 Å². The van der Waals surface area contributed by atoms with Crippen LogP contribution in [0.2, 0.25) is 0 Å². The van der Waals surface area contributed by atoms with Crippen molar-refractivity contribution in [3.8, 4) is 11.5 Å². The van der Waals surface area contributed by atoms with Crippen LogP contribution in [0.15, 0.2) is 59.5 Å². The fourth-order valence-electron chi connectivity index (χ4n) is 4.23. The van der Waals surface area contributed by atoms with Crippen molar-refractivity contribution in [1.82, 2.24) is 9.55 Å². The monoisotopic (exact) mass is 460 g/mol. The molecule has 3 N–H and O–H groups in total. The van der Waals surface area contributed by atoms with Gasteiger partial charge in [0.05, 0.1) is 18.0 Å². The number of aromatic nitrogens is 2. The summed E-state index contributed by atoms with van der Waals surface area (Å²) in [7, 11) is 3.42. The first kappa shape index (κ1) is 23.6. The number of methoxy groups -OCH3 is 1. The van der Waals surface area contributed by atoms with Crippen molar-refractivity contribution in [2.75, 3.05) is 19.0 Å². The van der Waals surface area contributed by atoms with Gasteiger partial charge in [0, 0.05) is 42.7 Å². The molecule has 0 saturated heterocycles. The SMILES string of the molecule is COc1ccc(CNc2nccc3c2c(=O)n(C)c2cc(OC[C@@H](N)CC(C)C)ccc32)cc1. The molecular formula is C27H32N4O3. The molecule has 4 rings (SSSR count). The van der Waals surface area contributed by atoms with Crippen LogP contribution in [-0.4, -0.2) is 29.3 Å². The summed E-state index contributed by atoms with van der Waals surface area (Å²) in [4.78, 5) is 17.8. The Morgan fingerprint density at radius 3 is 2.50 bits per heavy atom. The molecule has 0 unspecified atom stereocenters. The molecule has 0 radical (unpaired) electrons. The van der Waals surface area contributed by atoms with Crippen molar-refractivity contribution < 1.29 is 9.47 Å². The number of fused-ring (bicyclic) bond motifs is 3. The average molecular weight is 461 g/mol. The van der Waals surface area contributed by atoms with Crippen LogP contribution in [0.25, 0.3) is 21.7 Å². The van der Waals surface area contributed by atoms with Gasteiger partial charge in [0.15, 0.2) is 0 Å². The zero-order valence-corrected chi connectivity index (χ0v) is 20.2. The summed E-state index contributed by atoms with van der Waals surface area (Å²) in [5, 5.41) is 5.72. The Kier molecular flexibility index (Phi) is 7.03. The third-order valence-corrected chi connectivity index (χ3v) is 5.95. The smallest absolute Gasteiger partial charge is 0.262 e. The highest BCUT2D eigenvalue weighted by atomic mass is 16.5. The van der Waals surface area contributed by atoms with Crippen molar-refractivity contribution in [2.45, 2.75) is 32.9 Å². The molecule has 0 amide bonds. The number of benzene rings is 2.